The van der Waals surface area contributed by atoms with Crippen LogP contribution in [0.25, 0.3) is 0 Å². The van der Waals surface area contributed by atoms with E-state index in [0.717, 1.165) is 5.56 Å². The van der Waals surface area contributed by atoms with Crippen LogP contribution >= 0.6 is 0 Å². The predicted octanol–water partition coefficient (Wildman–Crippen LogP) is 4.21. The van der Waals surface area contributed by atoms with Crippen LogP contribution in [-0.4, -0.2) is 25.2 Å². The summed E-state index contributed by atoms with van der Waals surface area (Å²) in [6.07, 6.45) is 3.34. The normalized spacial score (nSPS) is 10.1. The first-order chi connectivity index (χ1) is 13.7. The Hall–Kier alpha value is -3.74. The first-order valence-corrected chi connectivity index (χ1v) is 8.61. The highest BCUT2D eigenvalue weighted by atomic mass is 16.5. The van der Waals surface area contributed by atoms with Gasteiger partial charge in [0.2, 0.25) is 0 Å². The number of amides is 2. The molecule has 144 valence electrons. The molecule has 0 spiro atoms. The lowest BCUT2D eigenvalue weighted by Crippen LogP contribution is -2.28. The van der Waals surface area contributed by atoms with E-state index in [1.165, 1.54) is 0 Å². The van der Waals surface area contributed by atoms with Crippen molar-refractivity contribution in [3.63, 3.8) is 0 Å². The van der Waals surface area contributed by atoms with Crippen LogP contribution < -0.4 is 24.8 Å². The van der Waals surface area contributed by atoms with Crippen LogP contribution in [0.15, 0.2) is 67.0 Å². The van der Waals surface area contributed by atoms with Crippen molar-refractivity contribution in [1.29, 1.82) is 0 Å². The first-order valence-electron chi connectivity index (χ1n) is 8.61. The van der Waals surface area contributed by atoms with Gasteiger partial charge in [-0.25, -0.2) is 4.79 Å². The minimum absolute atomic E-state index is 0.344. The number of pyridine rings is 1. The van der Waals surface area contributed by atoms with Gasteiger partial charge in [0.15, 0.2) is 0 Å². The van der Waals surface area contributed by atoms with Gasteiger partial charge in [0, 0.05) is 25.0 Å². The van der Waals surface area contributed by atoms with Crippen molar-refractivity contribution in [1.82, 2.24) is 10.3 Å². The highest BCUT2D eigenvalue weighted by molar-refractivity contribution is 5.91. The zero-order valence-electron chi connectivity index (χ0n) is 15.6. The molecule has 0 bridgehead atoms. The van der Waals surface area contributed by atoms with Crippen molar-refractivity contribution >= 4 is 11.7 Å². The van der Waals surface area contributed by atoms with Crippen LogP contribution in [0.3, 0.4) is 0 Å². The fourth-order valence-electron chi connectivity index (χ4n) is 2.48. The van der Waals surface area contributed by atoms with Crippen LogP contribution in [-0.2, 0) is 6.54 Å². The van der Waals surface area contributed by atoms with Gasteiger partial charge in [0.25, 0.3) is 0 Å². The van der Waals surface area contributed by atoms with E-state index in [0.29, 0.717) is 35.2 Å². The number of carbonyl (C=O) groups is 1. The van der Waals surface area contributed by atoms with E-state index in [9.17, 15) is 4.79 Å². The van der Waals surface area contributed by atoms with Gasteiger partial charge in [0.1, 0.15) is 23.0 Å². The number of benzene rings is 2. The van der Waals surface area contributed by atoms with Gasteiger partial charge in [-0.15, -0.1) is 0 Å². The number of nitrogens with one attached hydrogen (secondary N) is 2. The summed E-state index contributed by atoms with van der Waals surface area (Å²) in [7, 11) is 3.11. The Kier molecular flexibility index (Phi) is 6.30. The Morgan fingerprint density at radius 2 is 1.57 bits per heavy atom. The van der Waals surface area contributed by atoms with Crippen molar-refractivity contribution in [2.45, 2.75) is 6.54 Å². The second-order valence-corrected chi connectivity index (χ2v) is 5.80. The summed E-state index contributed by atoms with van der Waals surface area (Å²) < 4.78 is 16.2. The molecule has 0 radical (unpaired) electrons. The van der Waals surface area contributed by atoms with E-state index in [1.54, 1.807) is 56.9 Å². The molecule has 0 fully saturated rings. The molecule has 28 heavy (non-hydrogen) atoms. The number of methoxy groups -OCH3 is 2. The summed E-state index contributed by atoms with van der Waals surface area (Å²) in [6, 6.07) is 15.9. The van der Waals surface area contributed by atoms with Gasteiger partial charge < -0.3 is 24.8 Å². The molecule has 0 aliphatic heterocycles. The minimum Gasteiger partial charge on any atom is -0.497 e. The van der Waals surface area contributed by atoms with Crippen molar-refractivity contribution in [3.8, 4) is 23.0 Å². The smallest absolute Gasteiger partial charge is 0.319 e. The van der Waals surface area contributed by atoms with Crippen LogP contribution in [0.2, 0.25) is 0 Å². The monoisotopic (exact) mass is 379 g/mol. The number of hydrogen-bond donors (Lipinski definition) is 2. The van der Waals surface area contributed by atoms with Gasteiger partial charge in [-0.1, -0.05) is 12.1 Å². The Bertz CT molecular complexity index is 915. The van der Waals surface area contributed by atoms with Crippen LogP contribution in [0.1, 0.15) is 5.56 Å². The lowest BCUT2D eigenvalue weighted by Gasteiger charge is -2.12. The predicted molar refractivity (Wildman–Crippen MR) is 106 cm³/mol. The van der Waals surface area contributed by atoms with Gasteiger partial charge >= 0.3 is 6.03 Å². The van der Waals surface area contributed by atoms with Crippen LogP contribution in [0.4, 0.5) is 10.5 Å². The fourth-order valence-corrected chi connectivity index (χ4v) is 2.48. The Morgan fingerprint density at radius 1 is 0.893 bits per heavy atom. The maximum Gasteiger partial charge on any atom is 0.319 e. The van der Waals surface area contributed by atoms with E-state index in [1.807, 2.05) is 24.3 Å². The number of ether oxygens (including phenoxy) is 3. The molecule has 7 nitrogen and oxygen atoms in total. The molecule has 0 unspecified atom stereocenters. The van der Waals surface area contributed by atoms with Crippen molar-refractivity contribution in [3.05, 3.63) is 72.6 Å². The molecule has 0 aliphatic carbocycles. The van der Waals surface area contributed by atoms with Gasteiger partial charge in [-0.3, -0.25) is 4.98 Å². The standard InChI is InChI=1S/C21H21N3O4/c1-26-18-7-8-20(27-2)19(13-18)24-21(25)23-14-15-3-5-16(6-4-15)28-17-9-11-22-12-10-17/h3-13H,14H2,1-2H3,(H2,23,24,25). The quantitative estimate of drug-likeness (QED) is 0.643. The number of hydrogen-bond acceptors (Lipinski definition) is 5. The summed E-state index contributed by atoms with van der Waals surface area (Å²) >= 11 is 0. The minimum atomic E-state index is -0.344. The second-order valence-electron chi connectivity index (χ2n) is 5.80. The van der Waals surface area contributed by atoms with Crippen LogP contribution in [0.5, 0.6) is 23.0 Å². The molecule has 7 heteroatoms. The number of anilines is 1. The van der Waals surface area contributed by atoms with Crippen molar-refractivity contribution in [2.75, 3.05) is 19.5 Å². The van der Waals surface area contributed by atoms with E-state index in [2.05, 4.69) is 15.6 Å². The summed E-state index contributed by atoms with van der Waals surface area (Å²) in [5.41, 5.74) is 1.47. The zero-order chi connectivity index (χ0) is 19.8. The molecule has 0 aliphatic rings. The largest absolute Gasteiger partial charge is 0.497 e. The molecule has 0 saturated carbocycles. The van der Waals surface area contributed by atoms with E-state index in [4.69, 9.17) is 14.2 Å². The maximum atomic E-state index is 12.2. The molecular weight excluding hydrogens is 358 g/mol. The number of carbonyl (C=O) groups excluding carboxylic acids is 1. The zero-order valence-corrected chi connectivity index (χ0v) is 15.6. The lowest BCUT2D eigenvalue weighted by atomic mass is 10.2. The maximum absolute atomic E-state index is 12.2. The molecule has 3 aromatic rings. The van der Waals surface area contributed by atoms with E-state index in [-0.39, 0.29) is 6.03 Å². The van der Waals surface area contributed by atoms with Crippen molar-refractivity contribution < 1.29 is 19.0 Å². The van der Waals surface area contributed by atoms with Gasteiger partial charge in [-0.05, 0) is 42.0 Å². The molecule has 3 rings (SSSR count). The van der Waals surface area contributed by atoms with E-state index < -0.39 is 0 Å². The molecular formula is C21H21N3O4. The Morgan fingerprint density at radius 3 is 2.25 bits per heavy atom. The average Bonchev–Trinajstić information content (AvgIpc) is 2.74. The van der Waals surface area contributed by atoms with Gasteiger partial charge in [-0.2, -0.15) is 0 Å². The highest BCUT2D eigenvalue weighted by Crippen LogP contribution is 2.28. The Balaban J connectivity index is 1.55. The highest BCUT2D eigenvalue weighted by Gasteiger charge is 2.09. The fraction of sp³-hybridized carbons (Fsp3) is 0.143. The second kappa shape index (κ2) is 9.27. The SMILES string of the molecule is COc1ccc(OC)c(NC(=O)NCc2ccc(Oc3ccncc3)cc2)c1. The summed E-state index contributed by atoms with van der Waals surface area (Å²) in [5.74, 6) is 2.60. The van der Waals surface area contributed by atoms with Crippen molar-refractivity contribution in [2.24, 2.45) is 0 Å². The summed E-state index contributed by atoms with van der Waals surface area (Å²) in [5, 5.41) is 5.57. The third-order valence-electron chi connectivity index (χ3n) is 3.92. The lowest BCUT2D eigenvalue weighted by molar-refractivity contribution is 0.251. The number of aromatic nitrogens is 1. The third-order valence-corrected chi connectivity index (χ3v) is 3.92. The molecule has 2 aromatic carbocycles. The summed E-state index contributed by atoms with van der Waals surface area (Å²) in [4.78, 5) is 16.2. The average molecular weight is 379 g/mol. The number of urea groups is 1. The third kappa shape index (κ3) is 5.14. The Labute approximate surface area is 163 Å². The molecule has 0 atom stereocenters. The molecule has 1 heterocycles. The van der Waals surface area contributed by atoms with Crippen LogP contribution in [0, 0.1) is 0 Å². The number of nitrogens with zero attached hydrogens (tertiary/aromatic N) is 1. The summed E-state index contributed by atoms with van der Waals surface area (Å²) in [6.45, 7) is 0.369. The van der Waals surface area contributed by atoms with Gasteiger partial charge in [0.05, 0.1) is 19.9 Å². The first kappa shape index (κ1) is 19.0. The molecule has 1 aromatic heterocycles. The molecule has 0 saturated heterocycles. The topological polar surface area (TPSA) is 81.7 Å². The number of rotatable bonds is 7. The molecule has 2 N–H and O–H groups in total. The molecule has 2 amide bonds. The van der Waals surface area contributed by atoms with E-state index >= 15 is 0 Å².